The van der Waals surface area contributed by atoms with Crippen LogP contribution in [0.2, 0.25) is 0 Å². The summed E-state index contributed by atoms with van der Waals surface area (Å²) in [6.45, 7) is 3.98. The molecule has 0 aliphatic carbocycles. The van der Waals surface area contributed by atoms with Crippen LogP contribution in [-0.2, 0) is 6.54 Å². The molecule has 0 unspecified atom stereocenters. The molecule has 1 aliphatic heterocycles. The molecule has 0 saturated carbocycles. The number of nitrogens with zero attached hydrogens (tertiary/aromatic N) is 1. The standard InChI is InChI=1S/C17H20N2OS/c20-17(16-7-4-10-21-16)18-11-15-8-9-19(13-15)12-14-5-2-1-3-6-14/h1-7,10,15H,8-9,11-13H2,(H,18,20)/t15-/m1/s1. The van der Waals surface area contributed by atoms with E-state index < -0.39 is 0 Å². The lowest BCUT2D eigenvalue weighted by atomic mass is 10.1. The predicted octanol–water partition coefficient (Wildman–Crippen LogP) is 3.00. The van der Waals surface area contributed by atoms with Gasteiger partial charge in [-0.05, 0) is 35.9 Å². The van der Waals surface area contributed by atoms with Gasteiger partial charge in [0.05, 0.1) is 4.88 Å². The van der Waals surface area contributed by atoms with Gasteiger partial charge < -0.3 is 5.32 Å². The molecule has 1 atom stereocenters. The molecule has 4 heteroatoms. The Morgan fingerprint density at radius 2 is 2.10 bits per heavy atom. The Morgan fingerprint density at radius 1 is 1.24 bits per heavy atom. The predicted molar refractivity (Wildman–Crippen MR) is 86.5 cm³/mol. The van der Waals surface area contributed by atoms with E-state index in [9.17, 15) is 4.79 Å². The van der Waals surface area contributed by atoms with E-state index in [1.807, 2.05) is 17.5 Å². The summed E-state index contributed by atoms with van der Waals surface area (Å²) < 4.78 is 0. The summed E-state index contributed by atoms with van der Waals surface area (Å²) >= 11 is 1.49. The van der Waals surface area contributed by atoms with Crippen molar-refractivity contribution in [2.45, 2.75) is 13.0 Å². The lowest BCUT2D eigenvalue weighted by Gasteiger charge is -2.16. The lowest BCUT2D eigenvalue weighted by Crippen LogP contribution is -2.30. The highest BCUT2D eigenvalue weighted by Gasteiger charge is 2.23. The number of amides is 1. The van der Waals surface area contributed by atoms with E-state index in [1.165, 1.54) is 16.9 Å². The summed E-state index contributed by atoms with van der Waals surface area (Å²) in [6.07, 6.45) is 1.16. The first-order chi connectivity index (χ1) is 10.3. The normalized spacial score (nSPS) is 18.8. The minimum Gasteiger partial charge on any atom is -0.351 e. The molecule has 2 aromatic rings. The van der Waals surface area contributed by atoms with Crippen LogP contribution in [0.15, 0.2) is 47.8 Å². The minimum absolute atomic E-state index is 0.0616. The third-order valence-electron chi connectivity index (χ3n) is 3.92. The molecule has 1 N–H and O–H groups in total. The van der Waals surface area contributed by atoms with Crippen molar-refractivity contribution in [2.24, 2.45) is 5.92 Å². The second kappa shape index (κ2) is 6.87. The SMILES string of the molecule is O=C(NC[C@H]1CCN(Cc2ccccc2)C1)c1cccs1. The largest absolute Gasteiger partial charge is 0.351 e. The van der Waals surface area contributed by atoms with Crippen LogP contribution in [-0.4, -0.2) is 30.4 Å². The third-order valence-corrected chi connectivity index (χ3v) is 4.78. The van der Waals surface area contributed by atoms with Gasteiger partial charge in [0.25, 0.3) is 5.91 Å². The van der Waals surface area contributed by atoms with Crippen molar-refractivity contribution in [2.75, 3.05) is 19.6 Å². The molecule has 1 aliphatic rings. The Kier molecular flexibility index (Phi) is 4.68. The van der Waals surface area contributed by atoms with Gasteiger partial charge in [-0.15, -0.1) is 11.3 Å². The number of benzene rings is 1. The topological polar surface area (TPSA) is 32.3 Å². The number of nitrogens with one attached hydrogen (secondary N) is 1. The molecular formula is C17H20N2OS. The van der Waals surface area contributed by atoms with E-state index in [0.29, 0.717) is 5.92 Å². The molecule has 1 aromatic carbocycles. The fourth-order valence-corrected chi connectivity index (χ4v) is 3.44. The summed E-state index contributed by atoms with van der Waals surface area (Å²) in [5.74, 6) is 0.629. The van der Waals surface area contributed by atoms with Crippen molar-refractivity contribution >= 4 is 17.2 Å². The molecule has 3 nitrogen and oxygen atoms in total. The minimum atomic E-state index is 0.0616. The van der Waals surface area contributed by atoms with Crippen LogP contribution in [0.3, 0.4) is 0 Å². The molecule has 0 radical (unpaired) electrons. The quantitative estimate of drug-likeness (QED) is 0.920. The molecule has 1 fully saturated rings. The lowest BCUT2D eigenvalue weighted by molar-refractivity contribution is 0.0951. The van der Waals surface area contributed by atoms with Crippen molar-refractivity contribution in [1.82, 2.24) is 10.2 Å². The van der Waals surface area contributed by atoms with E-state index in [-0.39, 0.29) is 5.91 Å². The molecule has 110 valence electrons. The van der Waals surface area contributed by atoms with Crippen molar-refractivity contribution in [1.29, 1.82) is 0 Å². The van der Waals surface area contributed by atoms with Crippen LogP contribution in [0, 0.1) is 5.92 Å². The van der Waals surface area contributed by atoms with Gasteiger partial charge in [0.2, 0.25) is 0 Å². The van der Waals surface area contributed by atoms with Gasteiger partial charge in [-0.2, -0.15) is 0 Å². The van der Waals surface area contributed by atoms with Gasteiger partial charge in [0.1, 0.15) is 0 Å². The van der Waals surface area contributed by atoms with Crippen molar-refractivity contribution in [3.05, 3.63) is 58.3 Å². The molecule has 0 spiro atoms. The molecule has 1 amide bonds. The maximum absolute atomic E-state index is 11.9. The number of hydrogen-bond donors (Lipinski definition) is 1. The van der Waals surface area contributed by atoms with Crippen LogP contribution in [0.5, 0.6) is 0 Å². The molecule has 3 rings (SSSR count). The Morgan fingerprint density at radius 3 is 2.86 bits per heavy atom. The number of thiophene rings is 1. The molecule has 1 saturated heterocycles. The Bertz CT molecular complexity index is 568. The monoisotopic (exact) mass is 300 g/mol. The van der Waals surface area contributed by atoms with Crippen LogP contribution in [0.4, 0.5) is 0 Å². The highest BCUT2D eigenvalue weighted by molar-refractivity contribution is 7.12. The number of carbonyl (C=O) groups excluding carboxylic acids is 1. The van der Waals surface area contributed by atoms with Crippen LogP contribution in [0.25, 0.3) is 0 Å². The van der Waals surface area contributed by atoms with Gasteiger partial charge in [-0.3, -0.25) is 9.69 Å². The second-order valence-corrected chi connectivity index (χ2v) is 6.51. The number of hydrogen-bond acceptors (Lipinski definition) is 3. The number of likely N-dealkylation sites (tertiary alicyclic amines) is 1. The van der Waals surface area contributed by atoms with Crippen molar-refractivity contribution < 1.29 is 4.79 Å². The first kappa shape index (κ1) is 14.3. The third kappa shape index (κ3) is 3.93. The Balaban J connectivity index is 1.44. The number of rotatable bonds is 5. The van der Waals surface area contributed by atoms with E-state index in [4.69, 9.17) is 0 Å². The molecule has 1 aromatic heterocycles. The maximum atomic E-state index is 11.9. The molecule has 21 heavy (non-hydrogen) atoms. The van der Waals surface area contributed by atoms with E-state index in [2.05, 4.69) is 40.5 Å². The fourth-order valence-electron chi connectivity index (χ4n) is 2.80. The van der Waals surface area contributed by atoms with Gasteiger partial charge in [0, 0.05) is 19.6 Å². The average Bonchev–Trinajstić information content (AvgIpc) is 3.17. The van der Waals surface area contributed by atoms with Gasteiger partial charge in [0.15, 0.2) is 0 Å². The summed E-state index contributed by atoms with van der Waals surface area (Å²) in [5, 5.41) is 4.99. The van der Waals surface area contributed by atoms with E-state index in [1.54, 1.807) is 0 Å². The fraction of sp³-hybridized carbons (Fsp3) is 0.353. The second-order valence-electron chi connectivity index (χ2n) is 5.56. The Labute approximate surface area is 129 Å². The summed E-state index contributed by atoms with van der Waals surface area (Å²) in [7, 11) is 0. The van der Waals surface area contributed by atoms with Gasteiger partial charge >= 0.3 is 0 Å². The van der Waals surface area contributed by atoms with Gasteiger partial charge in [-0.25, -0.2) is 0 Å². The van der Waals surface area contributed by atoms with Crippen LogP contribution < -0.4 is 5.32 Å². The highest BCUT2D eigenvalue weighted by atomic mass is 32.1. The summed E-state index contributed by atoms with van der Waals surface area (Å²) in [4.78, 5) is 15.2. The first-order valence-corrected chi connectivity index (χ1v) is 8.27. The summed E-state index contributed by atoms with van der Waals surface area (Å²) in [6, 6.07) is 14.4. The van der Waals surface area contributed by atoms with Crippen LogP contribution >= 0.6 is 11.3 Å². The zero-order valence-corrected chi connectivity index (χ0v) is 12.8. The highest BCUT2D eigenvalue weighted by Crippen LogP contribution is 2.18. The van der Waals surface area contributed by atoms with E-state index in [0.717, 1.165) is 37.5 Å². The first-order valence-electron chi connectivity index (χ1n) is 7.39. The Hall–Kier alpha value is -1.65. The van der Waals surface area contributed by atoms with Crippen LogP contribution in [0.1, 0.15) is 21.7 Å². The molecule has 0 bridgehead atoms. The van der Waals surface area contributed by atoms with Crippen molar-refractivity contribution in [3.63, 3.8) is 0 Å². The van der Waals surface area contributed by atoms with Crippen molar-refractivity contribution in [3.8, 4) is 0 Å². The average molecular weight is 300 g/mol. The number of carbonyl (C=O) groups is 1. The molecular weight excluding hydrogens is 280 g/mol. The summed E-state index contributed by atoms with van der Waals surface area (Å²) in [5.41, 5.74) is 1.36. The van der Waals surface area contributed by atoms with Gasteiger partial charge in [-0.1, -0.05) is 36.4 Å². The molecule has 2 heterocycles. The van der Waals surface area contributed by atoms with E-state index >= 15 is 0 Å². The smallest absolute Gasteiger partial charge is 0.261 e. The zero-order valence-electron chi connectivity index (χ0n) is 12.0. The maximum Gasteiger partial charge on any atom is 0.261 e. The zero-order chi connectivity index (χ0) is 14.5.